The zero-order chi connectivity index (χ0) is 12.9. The SMILES string of the molecule is [Cr].c1ccc(N(c2ccccc2)c2ccccc2)cc1. The van der Waals surface area contributed by atoms with E-state index in [1.54, 1.807) is 0 Å². The van der Waals surface area contributed by atoms with Crippen LogP contribution in [0.4, 0.5) is 17.1 Å². The smallest absolute Gasteiger partial charge is 0.0461 e. The second-order valence-electron chi connectivity index (χ2n) is 4.34. The van der Waals surface area contributed by atoms with E-state index in [0.717, 1.165) is 0 Å². The predicted octanol–water partition coefficient (Wildman–Crippen LogP) is 5.15. The molecule has 2 heteroatoms. The number of nitrogens with zero attached hydrogens (tertiary/aromatic N) is 1. The van der Waals surface area contributed by atoms with E-state index < -0.39 is 0 Å². The van der Waals surface area contributed by atoms with Crippen LogP contribution in [0.3, 0.4) is 0 Å². The van der Waals surface area contributed by atoms with Gasteiger partial charge in [-0.2, -0.15) is 0 Å². The van der Waals surface area contributed by atoms with Crippen molar-refractivity contribution < 1.29 is 17.4 Å². The molecule has 3 aromatic carbocycles. The summed E-state index contributed by atoms with van der Waals surface area (Å²) in [4.78, 5) is 2.25. The minimum absolute atomic E-state index is 0. The van der Waals surface area contributed by atoms with Gasteiger partial charge in [0.25, 0.3) is 0 Å². The third-order valence-electron chi connectivity index (χ3n) is 3.04. The van der Waals surface area contributed by atoms with E-state index in [1.807, 2.05) is 18.2 Å². The number of para-hydroxylation sites is 3. The van der Waals surface area contributed by atoms with E-state index in [4.69, 9.17) is 0 Å². The van der Waals surface area contributed by atoms with Crippen LogP contribution in [0.1, 0.15) is 0 Å². The van der Waals surface area contributed by atoms with E-state index in [0.29, 0.717) is 0 Å². The van der Waals surface area contributed by atoms with Crippen molar-refractivity contribution in [1.29, 1.82) is 0 Å². The first-order chi connectivity index (χ1) is 9.45. The summed E-state index contributed by atoms with van der Waals surface area (Å²) in [5.74, 6) is 0. The molecule has 0 bridgehead atoms. The van der Waals surface area contributed by atoms with Crippen molar-refractivity contribution in [3.63, 3.8) is 0 Å². The molecule has 0 atom stereocenters. The molecule has 0 saturated heterocycles. The molecule has 0 aromatic heterocycles. The van der Waals surface area contributed by atoms with Gasteiger partial charge < -0.3 is 4.90 Å². The normalized spacial score (nSPS) is 9.60. The van der Waals surface area contributed by atoms with Crippen LogP contribution >= 0.6 is 0 Å². The van der Waals surface area contributed by atoms with Crippen molar-refractivity contribution in [2.45, 2.75) is 0 Å². The number of hydrogen-bond donors (Lipinski definition) is 0. The van der Waals surface area contributed by atoms with Gasteiger partial charge in [-0.05, 0) is 36.4 Å². The molecule has 0 fully saturated rings. The molecule has 0 spiro atoms. The molecule has 0 saturated carbocycles. The summed E-state index contributed by atoms with van der Waals surface area (Å²) >= 11 is 0. The van der Waals surface area contributed by atoms with Gasteiger partial charge in [-0.3, -0.25) is 0 Å². The van der Waals surface area contributed by atoms with E-state index in [9.17, 15) is 0 Å². The topological polar surface area (TPSA) is 3.24 Å². The summed E-state index contributed by atoms with van der Waals surface area (Å²) < 4.78 is 0. The van der Waals surface area contributed by atoms with Crippen LogP contribution in [0.15, 0.2) is 91.0 Å². The Morgan fingerprint density at radius 1 is 0.400 bits per heavy atom. The summed E-state index contributed by atoms with van der Waals surface area (Å²) in [5, 5.41) is 0. The Hall–Kier alpha value is -2.01. The predicted molar refractivity (Wildman–Crippen MR) is 81.1 cm³/mol. The maximum absolute atomic E-state index is 2.25. The number of rotatable bonds is 3. The van der Waals surface area contributed by atoms with Gasteiger partial charge in [0.15, 0.2) is 0 Å². The van der Waals surface area contributed by atoms with Crippen LogP contribution in [0.25, 0.3) is 0 Å². The Morgan fingerprint density at radius 2 is 0.650 bits per heavy atom. The summed E-state index contributed by atoms with van der Waals surface area (Å²) in [6.07, 6.45) is 0. The van der Waals surface area contributed by atoms with Crippen molar-refractivity contribution >= 4 is 17.1 Å². The zero-order valence-electron chi connectivity index (χ0n) is 11.0. The van der Waals surface area contributed by atoms with Gasteiger partial charge in [0, 0.05) is 34.4 Å². The van der Waals surface area contributed by atoms with E-state index in [1.165, 1.54) is 17.1 Å². The molecule has 98 valence electrons. The molecule has 0 aliphatic rings. The molecular weight excluding hydrogens is 282 g/mol. The van der Waals surface area contributed by atoms with Crippen LogP contribution in [-0.4, -0.2) is 0 Å². The fourth-order valence-electron chi connectivity index (χ4n) is 2.18. The molecule has 0 unspecified atom stereocenters. The molecule has 1 nitrogen and oxygen atoms in total. The average Bonchev–Trinajstić information content (AvgIpc) is 2.51. The van der Waals surface area contributed by atoms with Gasteiger partial charge in [-0.15, -0.1) is 0 Å². The van der Waals surface area contributed by atoms with Gasteiger partial charge in [-0.25, -0.2) is 0 Å². The van der Waals surface area contributed by atoms with E-state index in [2.05, 4.69) is 77.7 Å². The van der Waals surface area contributed by atoms with Crippen LogP contribution in [0.2, 0.25) is 0 Å². The first kappa shape index (κ1) is 14.4. The van der Waals surface area contributed by atoms with E-state index in [-0.39, 0.29) is 17.4 Å². The molecule has 3 aromatic rings. The third kappa shape index (κ3) is 3.11. The Kier molecular flexibility index (Phi) is 5.01. The summed E-state index contributed by atoms with van der Waals surface area (Å²) in [7, 11) is 0. The molecule has 0 heterocycles. The van der Waals surface area contributed by atoms with Gasteiger partial charge in [0.2, 0.25) is 0 Å². The fourth-order valence-corrected chi connectivity index (χ4v) is 2.18. The quantitative estimate of drug-likeness (QED) is 0.646. The Morgan fingerprint density at radius 3 is 0.900 bits per heavy atom. The van der Waals surface area contributed by atoms with E-state index >= 15 is 0 Å². The number of anilines is 3. The largest absolute Gasteiger partial charge is 0.311 e. The third-order valence-corrected chi connectivity index (χ3v) is 3.04. The zero-order valence-corrected chi connectivity index (χ0v) is 12.3. The fraction of sp³-hybridized carbons (Fsp3) is 0. The second kappa shape index (κ2) is 6.96. The molecule has 0 N–H and O–H groups in total. The van der Waals surface area contributed by atoms with Crippen molar-refractivity contribution in [3.8, 4) is 0 Å². The molecule has 0 amide bonds. The first-order valence-electron chi connectivity index (χ1n) is 6.40. The number of benzene rings is 3. The maximum Gasteiger partial charge on any atom is 0.0461 e. The second-order valence-corrected chi connectivity index (χ2v) is 4.34. The minimum atomic E-state index is 0. The Balaban J connectivity index is 0.00000147. The standard InChI is InChI=1S/C18H15N.Cr/c1-4-10-16(11-5-1)19(17-12-6-2-7-13-17)18-14-8-3-9-15-18;/h1-15H;. The molecule has 0 radical (unpaired) electrons. The molecule has 3 rings (SSSR count). The Labute approximate surface area is 130 Å². The molecule has 0 aliphatic heterocycles. The van der Waals surface area contributed by atoms with Crippen LogP contribution in [-0.2, 0) is 17.4 Å². The van der Waals surface area contributed by atoms with Gasteiger partial charge in [-0.1, -0.05) is 54.6 Å². The maximum atomic E-state index is 2.25. The van der Waals surface area contributed by atoms with Crippen LogP contribution in [0.5, 0.6) is 0 Å². The van der Waals surface area contributed by atoms with Crippen LogP contribution < -0.4 is 4.90 Å². The molecule has 20 heavy (non-hydrogen) atoms. The summed E-state index contributed by atoms with van der Waals surface area (Å²) in [6.45, 7) is 0. The van der Waals surface area contributed by atoms with Gasteiger partial charge in [0.1, 0.15) is 0 Å². The van der Waals surface area contributed by atoms with Crippen molar-refractivity contribution in [2.24, 2.45) is 0 Å². The first-order valence-corrected chi connectivity index (χ1v) is 6.40. The van der Waals surface area contributed by atoms with Gasteiger partial charge in [0.05, 0.1) is 0 Å². The van der Waals surface area contributed by atoms with Gasteiger partial charge >= 0.3 is 0 Å². The Bertz CT molecular complexity index is 529. The number of hydrogen-bond acceptors (Lipinski definition) is 1. The van der Waals surface area contributed by atoms with Crippen molar-refractivity contribution in [2.75, 3.05) is 4.90 Å². The summed E-state index contributed by atoms with van der Waals surface area (Å²) in [5.41, 5.74) is 3.50. The molecular formula is C18H15CrN. The average molecular weight is 297 g/mol. The van der Waals surface area contributed by atoms with Crippen molar-refractivity contribution in [1.82, 2.24) is 0 Å². The molecule has 0 aliphatic carbocycles. The minimum Gasteiger partial charge on any atom is -0.311 e. The van der Waals surface area contributed by atoms with Crippen LogP contribution in [0, 0.1) is 0 Å². The summed E-state index contributed by atoms with van der Waals surface area (Å²) in [6, 6.07) is 31.3. The monoisotopic (exact) mass is 297 g/mol. The van der Waals surface area contributed by atoms with Crippen molar-refractivity contribution in [3.05, 3.63) is 91.0 Å².